The van der Waals surface area contributed by atoms with Gasteiger partial charge in [0.1, 0.15) is 5.75 Å². The maximum Gasteiger partial charge on any atom is 0.270 e. The largest absolute Gasteiger partial charge is 0.497 e. The second-order valence-corrected chi connectivity index (χ2v) is 8.48. The fourth-order valence-corrected chi connectivity index (χ4v) is 4.07. The van der Waals surface area contributed by atoms with E-state index in [2.05, 4.69) is 20.7 Å². The van der Waals surface area contributed by atoms with Crippen molar-refractivity contribution in [2.75, 3.05) is 12.9 Å². The van der Waals surface area contributed by atoms with E-state index in [4.69, 9.17) is 4.74 Å². The van der Waals surface area contributed by atoms with Crippen LogP contribution in [0.4, 0.5) is 5.69 Å². The maximum absolute atomic E-state index is 12.5. The van der Waals surface area contributed by atoms with Gasteiger partial charge in [-0.1, -0.05) is 42.1 Å². The summed E-state index contributed by atoms with van der Waals surface area (Å²) in [6.45, 7) is 1.80. The van der Waals surface area contributed by atoms with Crippen molar-refractivity contribution in [2.45, 2.75) is 12.1 Å². The van der Waals surface area contributed by atoms with Gasteiger partial charge in [-0.2, -0.15) is 5.10 Å². The van der Waals surface area contributed by atoms with Crippen LogP contribution >= 0.6 is 11.8 Å². The molecular formula is C25H22N6O4S. The summed E-state index contributed by atoms with van der Waals surface area (Å²) in [5.74, 6) is 0.895. The Labute approximate surface area is 211 Å². The van der Waals surface area contributed by atoms with Gasteiger partial charge in [-0.05, 0) is 48.9 Å². The van der Waals surface area contributed by atoms with Gasteiger partial charge in [0.25, 0.3) is 11.6 Å². The topological polar surface area (TPSA) is 125 Å². The number of nitro benzene ring substituents is 1. The highest BCUT2D eigenvalue weighted by atomic mass is 32.2. The number of nitro groups is 1. The number of non-ortho nitro benzene ring substituents is 1. The van der Waals surface area contributed by atoms with E-state index in [-0.39, 0.29) is 17.3 Å². The van der Waals surface area contributed by atoms with Crippen LogP contribution in [0.5, 0.6) is 5.75 Å². The first-order valence-corrected chi connectivity index (χ1v) is 11.8. The van der Waals surface area contributed by atoms with E-state index in [0.717, 1.165) is 17.0 Å². The number of hydrazone groups is 1. The summed E-state index contributed by atoms with van der Waals surface area (Å²) in [7, 11) is 1.60. The lowest BCUT2D eigenvalue weighted by Crippen LogP contribution is -2.21. The molecule has 11 heteroatoms. The van der Waals surface area contributed by atoms with Gasteiger partial charge < -0.3 is 4.74 Å². The number of carbonyl (C=O) groups is 1. The van der Waals surface area contributed by atoms with Crippen LogP contribution < -0.4 is 10.2 Å². The van der Waals surface area contributed by atoms with Gasteiger partial charge in [0.2, 0.25) is 0 Å². The number of nitrogens with zero attached hydrogens (tertiary/aromatic N) is 5. The van der Waals surface area contributed by atoms with Crippen LogP contribution in [0.15, 0.2) is 89.1 Å². The summed E-state index contributed by atoms with van der Waals surface area (Å²) >= 11 is 1.19. The number of hydrogen-bond donors (Lipinski definition) is 1. The molecule has 0 saturated carbocycles. The van der Waals surface area contributed by atoms with Crippen molar-refractivity contribution in [2.24, 2.45) is 5.10 Å². The Kier molecular flexibility index (Phi) is 7.71. The fourth-order valence-electron chi connectivity index (χ4n) is 3.32. The van der Waals surface area contributed by atoms with Gasteiger partial charge in [-0.25, -0.2) is 5.43 Å². The molecule has 0 aliphatic heterocycles. The Morgan fingerprint density at radius 3 is 2.53 bits per heavy atom. The number of nitrogens with one attached hydrogen (secondary N) is 1. The number of benzene rings is 3. The summed E-state index contributed by atoms with van der Waals surface area (Å²) in [5, 5.41) is 24.4. The van der Waals surface area contributed by atoms with Crippen molar-refractivity contribution >= 4 is 29.1 Å². The van der Waals surface area contributed by atoms with E-state index in [1.54, 1.807) is 30.7 Å². The third-order valence-electron chi connectivity index (χ3n) is 5.15. The number of hydrogen-bond acceptors (Lipinski definition) is 8. The lowest BCUT2D eigenvalue weighted by Gasteiger charge is -2.10. The number of rotatable bonds is 9. The molecule has 36 heavy (non-hydrogen) atoms. The first-order chi connectivity index (χ1) is 17.5. The zero-order valence-corrected chi connectivity index (χ0v) is 20.3. The highest BCUT2D eigenvalue weighted by Crippen LogP contribution is 2.29. The molecule has 0 spiro atoms. The zero-order valence-electron chi connectivity index (χ0n) is 19.5. The molecule has 0 aliphatic rings. The zero-order chi connectivity index (χ0) is 25.5. The monoisotopic (exact) mass is 502 g/mol. The molecule has 0 bridgehead atoms. The van der Waals surface area contributed by atoms with Crippen molar-refractivity contribution in [3.8, 4) is 22.8 Å². The first kappa shape index (κ1) is 24.6. The molecule has 182 valence electrons. The lowest BCUT2D eigenvalue weighted by molar-refractivity contribution is -0.384. The average Bonchev–Trinajstić information content (AvgIpc) is 3.35. The highest BCUT2D eigenvalue weighted by Gasteiger charge is 2.19. The molecule has 0 atom stereocenters. The lowest BCUT2D eigenvalue weighted by atomic mass is 10.1. The average molecular weight is 503 g/mol. The molecule has 3 aromatic carbocycles. The minimum absolute atomic E-state index is 0.0410. The molecule has 10 nitrogen and oxygen atoms in total. The summed E-state index contributed by atoms with van der Waals surface area (Å²) in [5.41, 5.74) is 5.32. The minimum atomic E-state index is -0.457. The van der Waals surface area contributed by atoms with Crippen molar-refractivity contribution in [1.29, 1.82) is 0 Å². The van der Waals surface area contributed by atoms with Gasteiger partial charge in [0.15, 0.2) is 11.0 Å². The number of ether oxygens (including phenoxy) is 1. The second-order valence-electron chi connectivity index (χ2n) is 7.53. The molecule has 0 unspecified atom stereocenters. The molecule has 0 fully saturated rings. The molecule has 0 saturated heterocycles. The molecule has 1 amide bonds. The molecule has 4 aromatic rings. The third-order valence-corrected chi connectivity index (χ3v) is 6.08. The Hall–Kier alpha value is -4.51. The van der Waals surface area contributed by atoms with Crippen LogP contribution in [-0.2, 0) is 4.79 Å². The van der Waals surface area contributed by atoms with E-state index < -0.39 is 4.92 Å². The number of aromatic nitrogens is 3. The van der Waals surface area contributed by atoms with Gasteiger partial charge in [-0.15, -0.1) is 10.2 Å². The summed E-state index contributed by atoms with van der Waals surface area (Å²) in [6.07, 6.45) is 0. The Bertz CT molecular complexity index is 1400. The van der Waals surface area contributed by atoms with E-state index >= 15 is 0 Å². The SMILES string of the molecule is COc1ccc(C(C)=NNC(=O)CSc2nnc(-c3cccc([N+](=O)[O-])c3)n2-c2ccccc2)cc1. The van der Waals surface area contributed by atoms with Crippen molar-refractivity contribution in [1.82, 2.24) is 20.2 Å². The van der Waals surface area contributed by atoms with Crippen LogP contribution in [0, 0.1) is 10.1 Å². The van der Waals surface area contributed by atoms with Crippen LogP contribution in [0.3, 0.4) is 0 Å². The molecule has 1 N–H and O–H groups in total. The normalized spacial score (nSPS) is 11.2. The maximum atomic E-state index is 12.5. The number of thioether (sulfide) groups is 1. The molecule has 4 rings (SSSR count). The summed E-state index contributed by atoms with van der Waals surface area (Å²) in [4.78, 5) is 23.3. The Morgan fingerprint density at radius 1 is 1.08 bits per heavy atom. The van der Waals surface area contributed by atoms with Crippen LogP contribution in [0.25, 0.3) is 17.1 Å². The summed E-state index contributed by atoms with van der Waals surface area (Å²) < 4.78 is 6.92. The molecular weight excluding hydrogens is 480 g/mol. The van der Waals surface area contributed by atoms with Crippen molar-refractivity contribution in [3.05, 3.63) is 94.5 Å². The van der Waals surface area contributed by atoms with E-state index in [0.29, 0.717) is 22.3 Å². The highest BCUT2D eigenvalue weighted by molar-refractivity contribution is 7.99. The van der Waals surface area contributed by atoms with Crippen molar-refractivity contribution in [3.63, 3.8) is 0 Å². The van der Waals surface area contributed by atoms with Gasteiger partial charge in [0, 0.05) is 23.4 Å². The standard InChI is InChI=1S/C25H22N6O4S/c1-17(18-11-13-22(35-2)14-12-18)26-27-23(32)16-36-25-29-28-24(30(25)20-8-4-3-5-9-20)19-7-6-10-21(15-19)31(33)34/h3-15H,16H2,1-2H3,(H,27,32). The molecule has 0 aliphatic carbocycles. The number of carbonyl (C=O) groups excluding carboxylic acids is 1. The van der Waals surface area contributed by atoms with Gasteiger partial charge in [-0.3, -0.25) is 19.5 Å². The fraction of sp³-hybridized carbons (Fsp3) is 0.120. The predicted octanol–water partition coefficient (Wildman–Crippen LogP) is 4.48. The van der Waals surface area contributed by atoms with Gasteiger partial charge >= 0.3 is 0 Å². The molecule has 0 radical (unpaired) electrons. The van der Waals surface area contributed by atoms with Gasteiger partial charge in [0.05, 0.1) is 23.5 Å². The van der Waals surface area contributed by atoms with E-state index in [1.807, 2.05) is 54.6 Å². The minimum Gasteiger partial charge on any atom is -0.497 e. The third kappa shape index (κ3) is 5.76. The summed E-state index contributed by atoms with van der Waals surface area (Å²) in [6, 6.07) is 22.9. The smallest absolute Gasteiger partial charge is 0.270 e. The first-order valence-electron chi connectivity index (χ1n) is 10.8. The second kappa shape index (κ2) is 11.3. The van der Waals surface area contributed by atoms with Crippen LogP contribution in [-0.4, -0.2) is 44.2 Å². The van der Waals surface area contributed by atoms with Crippen molar-refractivity contribution < 1.29 is 14.5 Å². The number of amides is 1. The molecule has 1 aromatic heterocycles. The van der Waals surface area contributed by atoms with Crippen LogP contribution in [0.2, 0.25) is 0 Å². The number of methoxy groups -OCH3 is 1. The molecule has 1 heterocycles. The number of para-hydroxylation sites is 1. The van der Waals surface area contributed by atoms with Crippen LogP contribution in [0.1, 0.15) is 12.5 Å². The Morgan fingerprint density at radius 2 is 1.83 bits per heavy atom. The Balaban J connectivity index is 1.52. The quantitative estimate of drug-likeness (QED) is 0.155. The predicted molar refractivity (Wildman–Crippen MR) is 138 cm³/mol. The van der Waals surface area contributed by atoms with E-state index in [9.17, 15) is 14.9 Å². The van der Waals surface area contributed by atoms with E-state index in [1.165, 1.54) is 23.9 Å².